The molecule has 1 aliphatic rings. The summed E-state index contributed by atoms with van der Waals surface area (Å²) in [5.41, 5.74) is 15.4. The molecule has 0 radical (unpaired) electrons. The summed E-state index contributed by atoms with van der Waals surface area (Å²) in [7, 11) is 0. The van der Waals surface area contributed by atoms with Crippen LogP contribution in [0.5, 0.6) is 23.0 Å². The van der Waals surface area contributed by atoms with Crippen molar-refractivity contribution in [2.75, 3.05) is 19.6 Å². The third-order valence-corrected chi connectivity index (χ3v) is 19.4. The maximum atomic E-state index is 6.70. The molecule has 102 heavy (non-hydrogen) atoms. The second-order valence-corrected chi connectivity index (χ2v) is 25.6. The number of anilines is 12. The monoisotopic (exact) mass is 1310 g/mol. The highest BCUT2D eigenvalue weighted by atomic mass is 16.6. The Balaban J connectivity index is 0.000000149. The second kappa shape index (κ2) is 26.6. The highest BCUT2D eigenvalue weighted by molar-refractivity contribution is 6.16. The second-order valence-electron chi connectivity index (χ2n) is 25.6. The molecule has 0 aromatic heterocycles. The molecule has 0 fully saturated rings. The lowest BCUT2D eigenvalue weighted by Crippen LogP contribution is -2.12. The lowest BCUT2D eigenvalue weighted by molar-refractivity contribution is 0.360. The first-order valence-electron chi connectivity index (χ1n) is 34.6. The predicted octanol–water partition coefficient (Wildman–Crippen LogP) is 27.7. The van der Waals surface area contributed by atoms with Crippen LogP contribution in [0.1, 0.15) is 0 Å². The Kier molecular flexibility index (Phi) is 15.8. The minimum Gasteiger partial charge on any atom is -0.449 e. The van der Waals surface area contributed by atoms with Crippen LogP contribution in [0.3, 0.4) is 0 Å². The number of ether oxygens (including phenoxy) is 2. The predicted molar refractivity (Wildman–Crippen MR) is 429 cm³/mol. The van der Waals surface area contributed by atoms with E-state index in [0.29, 0.717) is 23.0 Å². The standard InChI is InChI=1S/C52H34N2O2.C44H32N2/c1-3-17-37(18-4-1)53(47-31-35-15-7-9-21-41(35)43-23-11-13-25-45(43)47)39-27-29-49-51(33-39)55-50-30-28-40(34-52(50)56-49)54(38-19-5-2-6-20-38)48-32-36-16-8-10-22-42(36)44-24-12-14-26-46(44)48;1-3-17-37(18-4-1)45(43-23-11-15-35-13-7-9-21-41(35)43)39-29-25-33(26-30-39)34-27-31-40(32-28-34)46(38-19-5-2-6-20-38)44-24-12-16-36-14-8-10-22-42(36)44/h1-34H;1-32H. The topological polar surface area (TPSA) is 31.4 Å². The third kappa shape index (κ3) is 11.4. The van der Waals surface area contributed by atoms with Gasteiger partial charge >= 0.3 is 0 Å². The molecule has 482 valence electrons. The zero-order valence-electron chi connectivity index (χ0n) is 55.7. The fraction of sp³-hybridized carbons (Fsp3) is 0. The molecule has 6 nitrogen and oxygen atoms in total. The molecule has 0 amide bonds. The summed E-state index contributed by atoms with van der Waals surface area (Å²) in [5, 5.41) is 14.5. The largest absolute Gasteiger partial charge is 0.449 e. The van der Waals surface area contributed by atoms with Gasteiger partial charge in [-0.15, -0.1) is 0 Å². The van der Waals surface area contributed by atoms with Crippen LogP contribution in [0.15, 0.2) is 400 Å². The van der Waals surface area contributed by atoms with E-state index in [2.05, 4.69) is 408 Å². The molecule has 19 rings (SSSR count). The molecular weight excluding hydrogens is 1240 g/mol. The molecule has 0 unspecified atom stereocenters. The highest BCUT2D eigenvalue weighted by Gasteiger charge is 2.27. The van der Waals surface area contributed by atoms with Crippen molar-refractivity contribution in [1.29, 1.82) is 0 Å². The van der Waals surface area contributed by atoms with E-state index in [1.165, 1.54) is 75.8 Å². The van der Waals surface area contributed by atoms with Crippen molar-refractivity contribution in [2.45, 2.75) is 0 Å². The van der Waals surface area contributed by atoms with Crippen LogP contribution in [0.4, 0.5) is 68.2 Å². The molecule has 18 aromatic rings. The molecule has 0 saturated carbocycles. The summed E-state index contributed by atoms with van der Waals surface area (Å²) in [6.07, 6.45) is 0. The molecule has 0 aliphatic carbocycles. The molecule has 0 spiro atoms. The van der Waals surface area contributed by atoms with Gasteiger partial charge in [-0.05, 0) is 176 Å². The number of para-hydroxylation sites is 4. The Bertz CT molecular complexity index is 5700. The Morgan fingerprint density at radius 2 is 0.412 bits per heavy atom. The number of rotatable bonds is 13. The van der Waals surface area contributed by atoms with Crippen molar-refractivity contribution in [3.8, 4) is 34.1 Å². The van der Waals surface area contributed by atoms with Gasteiger partial charge in [0.2, 0.25) is 0 Å². The highest BCUT2D eigenvalue weighted by Crippen LogP contribution is 2.53. The summed E-state index contributed by atoms with van der Waals surface area (Å²) in [4.78, 5) is 9.31. The van der Waals surface area contributed by atoms with Crippen molar-refractivity contribution >= 4 is 133 Å². The lowest BCUT2D eigenvalue weighted by Gasteiger charge is -2.30. The van der Waals surface area contributed by atoms with Gasteiger partial charge in [0.05, 0.1) is 34.1 Å². The fourth-order valence-corrected chi connectivity index (χ4v) is 14.7. The van der Waals surface area contributed by atoms with Crippen LogP contribution in [0.2, 0.25) is 0 Å². The zero-order valence-corrected chi connectivity index (χ0v) is 55.7. The normalized spacial score (nSPS) is 11.5. The van der Waals surface area contributed by atoms with Crippen molar-refractivity contribution in [2.24, 2.45) is 0 Å². The molecule has 0 saturated heterocycles. The summed E-state index contributed by atoms with van der Waals surface area (Å²) >= 11 is 0. The molecule has 1 heterocycles. The first kappa shape index (κ1) is 60.7. The van der Waals surface area contributed by atoms with Gasteiger partial charge in [0.25, 0.3) is 0 Å². The lowest BCUT2D eigenvalue weighted by atomic mass is 9.99. The average Bonchev–Trinajstić information content (AvgIpc) is 0.753. The van der Waals surface area contributed by atoms with Crippen molar-refractivity contribution in [3.05, 3.63) is 400 Å². The molecule has 0 N–H and O–H groups in total. The van der Waals surface area contributed by atoms with Crippen LogP contribution in [-0.2, 0) is 0 Å². The molecule has 1 aliphatic heterocycles. The Morgan fingerprint density at radius 3 is 0.775 bits per heavy atom. The van der Waals surface area contributed by atoms with Crippen molar-refractivity contribution in [3.63, 3.8) is 0 Å². The Hall–Kier alpha value is -13.7. The van der Waals surface area contributed by atoms with Gasteiger partial charge in [0.15, 0.2) is 23.0 Å². The van der Waals surface area contributed by atoms with E-state index in [4.69, 9.17) is 9.47 Å². The van der Waals surface area contributed by atoms with Crippen LogP contribution in [0, 0.1) is 0 Å². The van der Waals surface area contributed by atoms with Gasteiger partial charge in [0, 0.05) is 67.8 Å². The molecule has 0 atom stereocenters. The molecular formula is C96H66N4O2. The smallest absolute Gasteiger partial charge is 0.172 e. The van der Waals surface area contributed by atoms with Gasteiger partial charge in [0.1, 0.15) is 0 Å². The van der Waals surface area contributed by atoms with E-state index in [1.807, 2.05) is 12.1 Å². The number of nitrogens with zero attached hydrogens (tertiary/aromatic N) is 4. The quantitative estimate of drug-likeness (QED) is 0.107. The van der Waals surface area contributed by atoms with Gasteiger partial charge in [-0.1, -0.05) is 267 Å². The van der Waals surface area contributed by atoms with E-state index in [9.17, 15) is 0 Å². The molecule has 6 heteroatoms. The maximum Gasteiger partial charge on any atom is 0.172 e. The van der Waals surface area contributed by atoms with Crippen LogP contribution in [-0.4, -0.2) is 0 Å². The van der Waals surface area contributed by atoms with E-state index in [1.54, 1.807) is 0 Å². The first-order chi connectivity index (χ1) is 50.6. The third-order valence-electron chi connectivity index (χ3n) is 19.4. The van der Waals surface area contributed by atoms with Gasteiger partial charge in [-0.25, -0.2) is 0 Å². The molecule has 18 aromatic carbocycles. The van der Waals surface area contributed by atoms with E-state index in [-0.39, 0.29) is 0 Å². The van der Waals surface area contributed by atoms with Crippen LogP contribution in [0.25, 0.3) is 75.8 Å². The summed E-state index contributed by atoms with van der Waals surface area (Å²) in [5.74, 6) is 2.65. The maximum absolute atomic E-state index is 6.70. The Labute approximate surface area is 592 Å². The average molecular weight is 1310 g/mol. The molecule has 0 bridgehead atoms. The van der Waals surface area contributed by atoms with Crippen LogP contribution >= 0.6 is 0 Å². The number of fused-ring (bicyclic) bond motifs is 10. The first-order valence-corrected chi connectivity index (χ1v) is 34.6. The number of benzene rings is 18. The summed E-state index contributed by atoms with van der Waals surface area (Å²) < 4.78 is 13.4. The van der Waals surface area contributed by atoms with E-state index < -0.39 is 0 Å². The summed E-state index contributed by atoms with van der Waals surface area (Å²) in [6, 6.07) is 142. The number of hydrogen-bond donors (Lipinski definition) is 0. The van der Waals surface area contributed by atoms with Gasteiger partial charge in [-0.3, -0.25) is 0 Å². The zero-order chi connectivity index (χ0) is 67.7. The number of hydrogen-bond acceptors (Lipinski definition) is 6. The van der Waals surface area contributed by atoms with E-state index >= 15 is 0 Å². The SMILES string of the molecule is c1ccc(N(c2ccc(-c3ccc(N(c4ccccc4)c4cccc5ccccc45)cc3)cc2)c2cccc3ccccc23)cc1.c1ccc(N(c2ccc3c(c2)Oc2ccc(N(c4ccccc4)c4cc5ccccc5c5ccccc45)cc2O3)c2cc3ccccc3c3ccccc23)cc1. The minimum absolute atomic E-state index is 0.661. The minimum atomic E-state index is 0.661. The van der Waals surface area contributed by atoms with Gasteiger partial charge in [-0.2, -0.15) is 0 Å². The van der Waals surface area contributed by atoms with Gasteiger partial charge < -0.3 is 29.1 Å². The van der Waals surface area contributed by atoms with E-state index in [0.717, 1.165) is 68.2 Å². The van der Waals surface area contributed by atoms with Crippen molar-refractivity contribution in [1.82, 2.24) is 0 Å². The fourth-order valence-electron chi connectivity index (χ4n) is 14.7. The Morgan fingerprint density at radius 1 is 0.147 bits per heavy atom. The van der Waals surface area contributed by atoms with Crippen molar-refractivity contribution < 1.29 is 9.47 Å². The summed E-state index contributed by atoms with van der Waals surface area (Å²) in [6.45, 7) is 0. The van der Waals surface area contributed by atoms with Crippen LogP contribution < -0.4 is 29.1 Å².